The summed E-state index contributed by atoms with van der Waals surface area (Å²) in [4.78, 5) is 18.2. The molecule has 1 aromatic rings. The molecule has 0 aliphatic carbocycles. The van der Waals surface area contributed by atoms with Crippen LogP contribution in [0.3, 0.4) is 0 Å². The highest BCUT2D eigenvalue weighted by Gasteiger charge is 2.29. The van der Waals surface area contributed by atoms with Gasteiger partial charge < -0.3 is 10.2 Å². The second kappa shape index (κ2) is 8.29. The maximum absolute atomic E-state index is 12.2. The van der Waals surface area contributed by atoms with Crippen LogP contribution in [0.5, 0.6) is 0 Å². The summed E-state index contributed by atoms with van der Waals surface area (Å²) >= 11 is 0. The molecule has 1 saturated heterocycles. The van der Waals surface area contributed by atoms with Crippen LogP contribution < -0.4 is 5.32 Å². The van der Waals surface area contributed by atoms with Crippen LogP contribution in [0.2, 0.25) is 0 Å². The van der Waals surface area contributed by atoms with Crippen molar-refractivity contribution in [2.24, 2.45) is 0 Å². The van der Waals surface area contributed by atoms with Gasteiger partial charge in [-0.2, -0.15) is 0 Å². The first-order valence-corrected chi connectivity index (χ1v) is 5.69. The van der Waals surface area contributed by atoms with Crippen molar-refractivity contribution < 1.29 is 4.79 Å². The lowest BCUT2D eigenvalue weighted by Crippen LogP contribution is -2.41. The summed E-state index contributed by atoms with van der Waals surface area (Å²) in [6.45, 7) is 1.71. The molecule has 1 amide bonds. The molecular weight excluding hydrogens is 273 g/mol. The van der Waals surface area contributed by atoms with Gasteiger partial charge in [-0.25, -0.2) is 0 Å². The monoisotopic (exact) mass is 291 g/mol. The van der Waals surface area contributed by atoms with Crippen molar-refractivity contribution in [3.05, 3.63) is 30.1 Å². The minimum atomic E-state index is 0. The molecule has 0 radical (unpaired) electrons. The van der Waals surface area contributed by atoms with E-state index in [2.05, 4.69) is 10.3 Å². The lowest BCUT2D eigenvalue weighted by molar-refractivity contribution is 0.0731. The van der Waals surface area contributed by atoms with Crippen molar-refractivity contribution >= 4 is 30.7 Å². The molecule has 2 rings (SSSR count). The topological polar surface area (TPSA) is 45.2 Å². The van der Waals surface area contributed by atoms with Crippen LogP contribution in [-0.2, 0) is 0 Å². The second-order valence-electron chi connectivity index (χ2n) is 4.07. The van der Waals surface area contributed by atoms with E-state index in [-0.39, 0.29) is 30.7 Å². The van der Waals surface area contributed by atoms with E-state index in [0.29, 0.717) is 11.7 Å². The van der Waals surface area contributed by atoms with E-state index < -0.39 is 0 Å². The van der Waals surface area contributed by atoms with Gasteiger partial charge in [0, 0.05) is 25.3 Å². The first-order chi connectivity index (χ1) is 7.83. The molecule has 1 atom stereocenters. The summed E-state index contributed by atoms with van der Waals surface area (Å²) in [7, 11) is 1.92. The van der Waals surface area contributed by atoms with E-state index in [4.69, 9.17) is 0 Å². The fourth-order valence-corrected chi connectivity index (χ4v) is 2.19. The van der Waals surface area contributed by atoms with Crippen molar-refractivity contribution in [1.29, 1.82) is 0 Å². The number of nitrogens with zero attached hydrogens (tertiary/aromatic N) is 2. The molecule has 0 bridgehead atoms. The zero-order valence-corrected chi connectivity index (χ0v) is 12.0. The number of rotatable bonds is 3. The maximum Gasteiger partial charge on any atom is 0.272 e. The average Bonchev–Trinajstić information content (AvgIpc) is 2.78. The largest absolute Gasteiger partial charge is 0.333 e. The molecular formula is C12H19Cl2N3O. The van der Waals surface area contributed by atoms with Gasteiger partial charge in [0.1, 0.15) is 5.69 Å². The van der Waals surface area contributed by atoms with E-state index in [0.717, 1.165) is 25.9 Å². The highest BCUT2D eigenvalue weighted by atomic mass is 35.5. The van der Waals surface area contributed by atoms with E-state index >= 15 is 0 Å². The Labute approximate surface area is 120 Å². The first kappa shape index (κ1) is 17.2. The minimum absolute atomic E-state index is 0. The molecule has 18 heavy (non-hydrogen) atoms. The van der Waals surface area contributed by atoms with Crippen molar-refractivity contribution in [2.45, 2.75) is 18.9 Å². The summed E-state index contributed by atoms with van der Waals surface area (Å²) < 4.78 is 0. The van der Waals surface area contributed by atoms with Crippen molar-refractivity contribution in [3.8, 4) is 0 Å². The molecule has 0 saturated carbocycles. The highest BCUT2D eigenvalue weighted by molar-refractivity contribution is 5.92. The quantitative estimate of drug-likeness (QED) is 0.923. The fraction of sp³-hybridized carbons (Fsp3) is 0.500. The third-order valence-electron chi connectivity index (χ3n) is 2.96. The summed E-state index contributed by atoms with van der Waals surface area (Å²) in [5, 5.41) is 3.13. The number of nitrogens with one attached hydrogen (secondary N) is 1. The van der Waals surface area contributed by atoms with Crippen LogP contribution in [0.25, 0.3) is 0 Å². The predicted octanol–water partition coefficient (Wildman–Crippen LogP) is 1.75. The Hall–Kier alpha value is -0.840. The molecule has 1 aliphatic heterocycles. The molecule has 2 heterocycles. The van der Waals surface area contributed by atoms with Gasteiger partial charge in [0.25, 0.3) is 5.91 Å². The molecule has 102 valence electrons. The van der Waals surface area contributed by atoms with Crippen molar-refractivity contribution in [3.63, 3.8) is 0 Å². The van der Waals surface area contributed by atoms with Crippen LogP contribution in [0.1, 0.15) is 23.3 Å². The molecule has 1 aromatic heterocycles. The van der Waals surface area contributed by atoms with Gasteiger partial charge in [0.05, 0.1) is 0 Å². The van der Waals surface area contributed by atoms with Gasteiger partial charge in [-0.15, -0.1) is 24.8 Å². The van der Waals surface area contributed by atoms with Gasteiger partial charge in [-0.3, -0.25) is 9.78 Å². The number of amides is 1. The third-order valence-corrected chi connectivity index (χ3v) is 2.96. The summed E-state index contributed by atoms with van der Waals surface area (Å²) in [5.74, 6) is 0.0540. The molecule has 1 unspecified atom stereocenters. The van der Waals surface area contributed by atoms with E-state index in [9.17, 15) is 4.79 Å². The van der Waals surface area contributed by atoms with E-state index in [1.54, 1.807) is 12.3 Å². The smallest absolute Gasteiger partial charge is 0.272 e. The number of likely N-dealkylation sites (N-methyl/N-ethyl adjacent to an activating group) is 1. The number of likely N-dealkylation sites (tertiary alicyclic amines) is 1. The molecule has 6 heteroatoms. The first-order valence-electron chi connectivity index (χ1n) is 5.69. The molecule has 0 aromatic carbocycles. The van der Waals surface area contributed by atoms with Crippen molar-refractivity contribution in [2.75, 3.05) is 20.1 Å². The number of halogens is 2. The Morgan fingerprint density at radius 3 is 2.89 bits per heavy atom. The summed E-state index contributed by atoms with van der Waals surface area (Å²) in [5.41, 5.74) is 0.547. The normalized spacial score (nSPS) is 17.8. The van der Waals surface area contributed by atoms with Gasteiger partial charge >= 0.3 is 0 Å². The highest BCUT2D eigenvalue weighted by Crippen LogP contribution is 2.18. The number of carbonyl (C=O) groups excluding carboxylic acids is 1. The Morgan fingerprint density at radius 2 is 2.28 bits per heavy atom. The van der Waals surface area contributed by atoms with Crippen LogP contribution in [0.4, 0.5) is 0 Å². The van der Waals surface area contributed by atoms with Gasteiger partial charge in [-0.1, -0.05) is 6.07 Å². The van der Waals surface area contributed by atoms with Crippen LogP contribution in [0.15, 0.2) is 24.4 Å². The van der Waals surface area contributed by atoms with Gasteiger partial charge in [0.15, 0.2) is 0 Å². The number of hydrogen-bond donors (Lipinski definition) is 1. The Balaban J connectivity index is 0.00000144. The fourth-order valence-electron chi connectivity index (χ4n) is 2.19. The number of carbonyl (C=O) groups is 1. The standard InChI is InChI=1S/C12H17N3O.2ClH/c1-13-9-10-5-4-8-15(10)12(16)11-6-2-3-7-14-11;;/h2-3,6-7,10,13H,4-5,8-9H2,1H3;2*1H. The Morgan fingerprint density at radius 1 is 1.50 bits per heavy atom. The lowest BCUT2D eigenvalue weighted by atomic mass is 10.2. The number of hydrogen-bond acceptors (Lipinski definition) is 3. The molecule has 1 N–H and O–H groups in total. The van der Waals surface area contributed by atoms with Gasteiger partial charge in [0.2, 0.25) is 0 Å². The molecule has 4 nitrogen and oxygen atoms in total. The molecule has 1 aliphatic rings. The van der Waals surface area contributed by atoms with E-state index in [1.165, 1.54) is 0 Å². The SMILES string of the molecule is CNCC1CCCN1C(=O)c1ccccn1.Cl.Cl. The molecule has 0 spiro atoms. The van der Waals surface area contributed by atoms with Crippen LogP contribution in [0, 0.1) is 0 Å². The summed E-state index contributed by atoms with van der Waals surface area (Å²) in [6.07, 6.45) is 3.83. The lowest BCUT2D eigenvalue weighted by Gasteiger charge is -2.24. The van der Waals surface area contributed by atoms with Crippen LogP contribution >= 0.6 is 24.8 Å². The average molecular weight is 292 g/mol. The Bertz CT molecular complexity index is 362. The minimum Gasteiger partial charge on any atom is -0.333 e. The van der Waals surface area contributed by atoms with Gasteiger partial charge in [-0.05, 0) is 32.0 Å². The van der Waals surface area contributed by atoms with E-state index in [1.807, 2.05) is 24.1 Å². The van der Waals surface area contributed by atoms with Crippen molar-refractivity contribution in [1.82, 2.24) is 15.2 Å². The number of aromatic nitrogens is 1. The number of pyridine rings is 1. The Kier molecular flexibility index (Phi) is 7.91. The maximum atomic E-state index is 12.2. The predicted molar refractivity (Wildman–Crippen MR) is 76.7 cm³/mol. The molecule has 1 fully saturated rings. The zero-order valence-electron chi connectivity index (χ0n) is 10.3. The van der Waals surface area contributed by atoms with Crippen LogP contribution in [-0.4, -0.2) is 42.0 Å². The zero-order chi connectivity index (χ0) is 11.4. The summed E-state index contributed by atoms with van der Waals surface area (Å²) in [6, 6.07) is 5.77. The third kappa shape index (κ3) is 3.83. The second-order valence-corrected chi connectivity index (χ2v) is 4.07.